The second kappa shape index (κ2) is 6.86. The van der Waals surface area contributed by atoms with Crippen LogP contribution in [0.5, 0.6) is 0 Å². The lowest BCUT2D eigenvalue weighted by molar-refractivity contribution is 0.625. The quantitative estimate of drug-likeness (QED) is 0.263. The van der Waals surface area contributed by atoms with Crippen molar-refractivity contribution in [3.05, 3.63) is 28.5 Å². The highest BCUT2D eigenvalue weighted by Gasteiger charge is 2.10. The number of hydrogen-bond donors (Lipinski definition) is 4. The molecule has 0 aliphatic carbocycles. The molecular formula is C9H13ClFN5. The van der Waals surface area contributed by atoms with Gasteiger partial charge in [-0.05, 0) is 18.7 Å². The van der Waals surface area contributed by atoms with Gasteiger partial charge in [0.2, 0.25) is 0 Å². The number of rotatable bonds is 1. The summed E-state index contributed by atoms with van der Waals surface area (Å²) in [4.78, 5) is 0. The zero-order valence-electron chi connectivity index (χ0n) is 8.72. The van der Waals surface area contributed by atoms with Crippen LogP contribution < -0.4 is 11.5 Å². The Hall–Kier alpha value is -1.53. The molecule has 0 atom stereocenters. The highest BCUT2D eigenvalue weighted by molar-refractivity contribution is 6.33. The van der Waals surface area contributed by atoms with E-state index in [2.05, 4.69) is 5.11 Å². The number of nitrogens with one attached hydrogen (secondary N) is 2. The largest absolute Gasteiger partial charge is 0.398 e. The highest BCUT2D eigenvalue weighted by atomic mass is 35.5. The molecule has 1 rings (SSSR count). The zero-order chi connectivity index (χ0) is 12.7. The van der Waals surface area contributed by atoms with Crippen LogP contribution in [0.1, 0.15) is 12.5 Å². The third kappa shape index (κ3) is 3.92. The molecule has 88 valence electrons. The van der Waals surface area contributed by atoms with Gasteiger partial charge in [-0.25, -0.2) is 9.92 Å². The maximum absolute atomic E-state index is 13.0. The third-order valence-corrected chi connectivity index (χ3v) is 1.78. The van der Waals surface area contributed by atoms with Crippen LogP contribution in [-0.2, 0) is 0 Å². The van der Waals surface area contributed by atoms with Crippen LogP contribution in [0.15, 0.2) is 17.2 Å². The fraction of sp³-hybridized carbons (Fsp3) is 0.222. The Kier molecular flexibility index (Phi) is 6.21. The van der Waals surface area contributed by atoms with E-state index in [-0.39, 0.29) is 16.3 Å². The lowest BCUT2D eigenvalue weighted by Gasteiger charge is -2.02. The molecule has 0 amide bonds. The Morgan fingerprint density at radius 3 is 2.50 bits per heavy atom. The van der Waals surface area contributed by atoms with E-state index in [0.29, 0.717) is 0 Å². The molecule has 1 aromatic rings. The van der Waals surface area contributed by atoms with E-state index in [0.717, 1.165) is 12.6 Å². The van der Waals surface area contributed by atoms with Crippen molar-refractivity contribution in [2.45, 2.75) is 6.92 Å². The van der Waals surface area contributed by atoms with Crippen molar-refractivity contribution >= 4 is 23.1 Å². The number of benzene rings is 1. The van der Waals surface area contributed by atoms with Gasteiger partial charge in [0, 0.05) is 0 Å². The van der Waals surface area contributed by atoms with Gasteiger partial charge in [-0.15, -0.1) is 5.11 Å². The van der Waals surface area contributed by atoms with Gasteiger partial charge in [0.05, 0.1) is 16.3 Å². The summed E-state index contributed by atoms with van der Waals surface area (Å²) in [6.45, 7) is 2.65. The Bertz CT molecular complexity index is 394. The molecule has 16 heavy (non-hydrogen) atoms. The molecule has 0 aliphatic heterocycles. The summed E-state index contributed by atoms with van der Waals surface area (Å²) < 4.78 is 13.0. The van der Waals surface area contributed by atoms with E-state index in [1.165, 1.54) is 6.07 Å². The second-order valence-electron chi connectivity index (χ2n) is 2.72. The van der Waals surface area contributed by atoms with Crippen LogP contribution in [0.2, 0.25) is 5.02 Å². The van der Waals surface area contributed by atoms with Gasteiger partial charge in [0.1, 0.15) is 5.82 Å². The molecule has 6 N–H and O–H groups in total. The Balaban J connectivity index is 0.000000673. The number of anilines is 1. The van der Waals surface area contributed by atoms with Gasteiger partial charge < -0.3 is 11.5 Å². The second-order valence-corrected chi connectivity index (χ2v) is 3.13. The van der Waals surface area contributed by atoms with E-state index < -0.39 is 11.7 Å². The molecule has 0 radical (unpaired) electrons. The smallest absolute Gasteiger partial charge is 0.176 e. The summed E-state index contributed by atoms with van der Waals surface area (Å²) in [5, 5.41) is 9.96. The van der Waals surface area contributed by atoms with Gasteiger partial charge in [-0.2, -0.15) is 0 Å². The fourth-order valence-electron chi connectivity index (χ4n) is 0.807. The molecular weight excluding hydrogens is 233 g/mol. The van der Waals surface area contributed by atoms with E-state index in [9.17, 15) is 4.39 Å². The van der Waals surface area contributed by atoms with Crippen molar-refractivity contribution in [3.8, 4) is 0 Å². The standard InChI is InChI=1S/C7H6ClFN4.C2H7N/c8-4-2-5(9)3(1-6(4)10)7(11)13-12;1-2-3/h1-2,11-12H,10H2;2-3H2,1H3. The van der Waals surface area contributed by atoms with E-state index in [1.54, 1.807) is 0 Å². The summed E-state index contributed by atoms with van der Waals surface area (Å²) in [7, 11) is 0. The van der Waals surface area contributed by atoms with Crippen LogP contribution in [0.25, 0.3) is 0 Å². The first-order valence-electron chi connectivity index (χ1n) is 4.38. The molecule has 5 nitrogen and oxygen atoms in total. The van der Waals surface area contributed by atoms with Crippen molar-refractivity contribution in [3.63, 3.8) is 0 Å². The van der Waals surface area contributed by atoms with Gasteiger partial charge >= 0.3 is 0 Å². The molecule has 0 saturated carbocycles. The van der Waals surface area contributed by atoms with E-state index in [1.807, 2.05) is 6.92 Å². The molecule has 7 heteroatoms. The number of halogens is 2. The predicted molar refractivity (Wildman–Crippen MR) is 62.5 cm³/mol. The van der Waals surface area contributed by atoms with Gasteiger partial charge in [0.15, 0.2) is 5.84 Å². The average molecular weight is 246 g/mol. The average Bonchev–Trinajstić information content (AvgIpc) is 2.23. The molecule has 0 fully saturated rings. The molecule has 0 aliphatic rings. The number of nitrogens with zero attached hydrogens (tertiary/aromatic N) is 1. The van der Waals surface area contributed by atoms with Crippen LogP contribution in [0, 0.1) is 16.8 Å². The monoisotopic (exact) mass is 245 g/mol. The van der Waals surface area contributed by atoms with Crippen LogP contribution in [0.4, 0.5) is 10.1 Å². The lowest BCUT2D eigenvalue weighted by Crippen LogP contribution is -2.00. The van der Waals surface area contributed by atoms with Gasteiger partial charge in [-0.1, -0.05) is 18.5 Å². The summed E-state index contributed by atoms with van der Waals surface area (Å²) in [6, 6.07) is 2.17. The molecule has 0 aromatic heterocycles. The minimum atomic E-state index is -0.708. The normalized spacial score (nSPS) is 9.00. The minimum Gasteiger partial charge on any atom is -0.398 e. The number of nitrogen functional groups attached to an aromatic ring is 1. The Morgan fingerprint density at radius 2 is 2.06 bits per heavy atom. The first kappa shape index (κ1) is 14.5. The Labute approximate surface area is 97.6 Å². The maximum atomic E-state index is 13.0. The molecule has 0 heterocycles. The first-order chi connectivity index (χ1) is 7.47. The minimum absolute atomic E-state index is 0.0824. The zero-order valence-corrected chi connectivity index (χ0v) is 9.48. The SMILES string of the molecule is CCN.N=NC(=N)c1cc(N)c(Cl)cc1F. The number of hydrogen-bond acceptors (Lipinski definition) is 4. The van der Waals surface area contributed by atoms with Crippen molar-refractivity contribution in [2.24, 2.45) is 10.8 Å². The number of amidine groups is 1. The van der Waals surface area contributed by atoms with Crippen molar-refractivity contribution in [1.29, 1.82) is 10.9 Å². The van der Waals surface area contributed by atoms with Crippen LogP contribution >= 0.6 is 11.6 Å². The molecule has 0 saturated heterocycles. The maximum Gasteiger partial charge on any atom is 0.176 e. The summed E-state index contributed by atoms with van der Waals surface area (Å²) in [6.07, 6.45) is 0. The molecule has 0 spiro atoms. The third-order valence-electron chi connectivity index (χ3n) is 1.45. The first-order valence-corrected chi connectivity index (χ1v) is 4.76. The lowest BCUT2D eigenvalue weighted by atomic mass is 10.2. The predicted octanol–water partition coefficient (Wildman–Crippen LogP) is 2.38. The molecule has 1 aromatic carbocycles. The van der Waals surface area contributed by atoms with Crippen LogP contribution in [-0.4, -0.2) is 12.4 Å². The van der Waals surface area contributed by atoms with Gasteiger partial charge in [-0.3, -0.25) is 5.41 Å². The Morgan fingerprint density at radius 1 is 1.56 bits per heavy atom. The van der Waals surface area contributed by atoms with E-state index >= 15 is 0 Å². The topological polar surface area (TPSA) is 112 Å². The van der Waals surface area contributed by atoms with Crippen LogP contribution in [0.3, 0.4) is 0 Å². The molecule has 0 bridgehead atoms. The summed E-state index contributed by atoms with van der Waals surface area (Å²) in [5.74, 6) is -1.19. The molecule has 0 unspecified atom stereocenters. The highest BCUT2D eigenvalue weighted by Crippen LogP contribution is 2.22. The fourth-order valence-corrected chi connectivity index (χ4v) is 0.958. The summed E-state index contributed by atoms with van der Waals surface area (Å²) in [5.41, 5.74) is 16.8. The summed E-state index contributed by atoms with van der Waals surface area (Å²) >= 11 is 5.52. The number of nitrogens with two attached hydrogens (primary N) is 2. The van der Waals surface area contributed by atoms with E-state index in [4.69, 9.17) is 34.0 Å². The van der Waals surface area contributed by atoms with Crippen molar-refractivity contribution in [1.82, 2.24) is 0 Å². The van der Waals surface area contributed by atoms with Gasteiger partial charge in [0.25, 0.3) is 0 Å². The van der Waals surface area contributed by atoms with Crippen molar-refractivity contribution in [2.75, 3.05) is 12.3 Å². The van der Waals surface area contributed by atoms with Crippen molar-refractivity contribution < 1.29 is 4.39 Å².